The quantitative estimate of drug-likeness (QED) is 0.653. The van der Waals surface area contributed by atoms with Crippen molar-refractivity contribution in [2.75, 3.05) is 25.6 Å². The molecule has 0 radical (unpaired) electrons. The maximum atomic E-state index is 11.5. The van der Waals surface area contributed by atoms with Crippen molar-refractivity contribution >= 4 is 11.7 Å². The summed E-state index contributed by atoms with van der Waals surface area (Å²) in [5, 5.41) is 3.27. The van der Waals surface area contributed by atoms with Crippen LogP contribution in [0.1, 0.15) is 15.9 Å². The van der Waals surface area contributed by atoms with Crippen molar-refractivity contribution in [2.45, 2.75) is 6.92 Å². The second kappa shape index (κ2) is 7.33. The van der Waals surface area contributed by atoms with Gasteiger partial charge in [-0.3, -0.25) is 0 Å². The molecule has 1 N–H and O–H groups in total. The van der Waals surface area contributed by atoms with E-state index in [9.17, 15) is 4.79 Å². The van der Waals surface area contributed by atoms with Crippen LogP contribution < -0.4 is 10.1 Å². The molecule has 110 valence electrons. The third-order valence-corrected chi connectivity index (χ3v) is 3.09. The van der Waals surface area contributed by atoms with Crippen LogP contribution in [0.4, 0.5) is 5.69 Å². The zero-order valence-electron chi connectivity index (χ0n) is 12.3. The standard InChI is InChI=1S/C17H19NO3/c1-13-8-9-14(17(19)20-2)12-16(13)18-10-11-21-15-6-4-3-5-7-15/h3-9,12,18H,10-11H2,1-2H3. The fraction of sp³-hybridized carbons (Fsp3) is 0.235. The van der Waals surface area contributed by atoms with Crippen LogP contribution in [0, 0.1) is 6.92 Å². The highest BCUT2D eigenvalue weighted by Crippen LogP contribution is 2.17. The molecule has 0 fully saturated rings. The number of methoxy groups -OCH3 is 1. The topological polar surface area (TPSA) is 47.6 Å². The highest BCUT2D eigenvalue weighted by atomic mass is 16.5. The third-order valence-electron chi connectivity index (χ3n) is 3.09. The molecule has 0 unspecified atom stereocenters. The van der Waals surface area contributed by atoms with E-state index in [4.69, 9.17) is 9.47 Å². The van der Waals surface area contributed by atoms with Gasteiger partial charge < -0.3 is 14.8 Å². The highest BCUT2D eigenvalue weighted by Gasteiger charge is 2.07. The van der Waals surface area contributed by atoms with Crippen molar-refractivity contribution in [2.24, 2.45) is 0 Å². The summed E-state index contributed by atoms with van der Waals surface area (Å²) in [5.41, 5.74) is 2.52. The van der Waals surface area contributed by atoms with E-state index in [-0.39, 0.29) is 5.97 Å². The Balaban J connectivity index is 1.89. The van der Waals surface area contributed by atoms with E-state index >= 15 is 0 Å². The van der Waals surface area contributed by atoms with E-state index in [2.05, 4.69) is 5.32 Å². The van der Waals surface area contributed by atoms with Crippen LogP contribution in [0.25, 0.3) is 0 Å². The molecule has 2 aromatic carbocycles. The number of carbonyl (C=O) groups is 1. The van der Waals surface area contributed by atoms with Crippen molar-refractivity contribution in [1.29, 1.82) is 0 Å². The molecule has 0 aliphatic carbocycles. The molecule has 0 amide bonds. The second-order valence-electron chi connectivity index (χ2n) is 4.61. The SMILES string of the molecule is COC(=O)c1ccc(C)c(NCCOc2ccccc2)c1. The number of carbonyl (C=O) groups excluding carboxylic acids is 1. The Hall–Kier alpha value is -2.49. The maximum Gasteiger partial charge on any atom is 0.337 e. The van der Waals surface area contributed by atoms with E-state index in [0.717, 1.165) is 17.0 Å². The second-order valence-corrected chi connectivity index (χ2v) is 4.61. The number of anilines is 1. The van der Waals surface area contributed by atoms with Crippen LogP contribution in [0.15, 0.2) is 48.5 Å². The maximum absolute atomic E-state index is 11.5. The minimum Gasteiger partial charge on any atom is -0.492 e. The molecule has 0 saturated heterocycles. The summed E-state index contributed by atoms with van der Waals surface area (Å²) in [5.74, 6) is 0.512. The summed E-state index contributed by atoms with van der Waals surface area (Å²) in [6.45, 7) is 3.19. The van der Waals surface area contributed by atoms with Gasteiger partial charge >= 0.3 is 5.97 Å². The summed E-state index contributed by atoms with van der Waals surface area (Å²) < 4.78 is 10.3. The molecule has 0 aliphatic heterocycles. The summed E-state index contributed by atoms with van der Waals surface area (Å²) in [6.07, 6.45) is 0. The number of nitrogens with one attached hydrogen (secondary N) is 1. The molecule has 4 nitrogen and oxygen atoms in total. The van der Waals surface area contributed by atoms with E-state index < -0.39 is 0 Å². The summed E-state index contributed by atoms with van der Waals surface area (Å²) in [6, 6.07) is 15.1. The lowest BCUT2D eigenvalue weighted by Gasteiger charge is -2.12. The van der Waals surface area contributed by atoms with Crippen LogP contribution in [0.2, 0.25) is 0 Å². The molecule has 0 bridgehead atoms. The zero-order chi connectivity index (χ0) is 15.1. The van der Waals surface area contributed by atoms with Gasteiger partial charge in [0.2, 0.25) is 0 Å². The Morgan fingerprint density at radius 1 is 1.14 bits per heavy atom. The molecular weight excluding hydrogens is 266 g/mol. The number of benzene rings is 2. The minimum absolute atomic E-state index is 0.335. The Morgan fingerprint density at radius 3 is 2.62 bits per heavy atom. The van der Waals surface area contributed by atoms with Gasteiger partial charge in [-0.2, -0.15) is 0 Å². The number of rotatable bonds is 6. The average Bonchev–Trinajstić information content (AvgIpc) is 2.53. The number of hydrogen-bond acceptors (Lipinski definition) is 4. The van der Waals surface area contributed by atoms with E-state index in [1.165, 1.54) is 7.11 Å². The number of ether oxygens (including phenoxy) is 2. The van der Waals surface area contributed by atoms with Crippen LogP contribution in [-0.2, 0) is 4.74 Å². The summed E-state index contributed by atoms with van der Waals surface area (Å²) in [7, 11) is 1.38. The summed E-state index contributed by atoms with van der Waals surface area (Å²) in [4.78, 5) is 11.5. The lowest BCUT2D eigenvalue weighted by atomic mass is 10.1. The Kier molecular flexibility index (Phi) is 5.21. The third kappa shape index (κ3) is 4.24. The van der Waals surface area contributed by atoms with Crippen molar-refractivity contribution in [3.05, 3.63) is 59.7 Å². The number of hydrogen-bond donors (Lipinski definition) is 1. The molecule has 21 heavy (non-hydrogen) atoms. The lowest BCUT2D eigenvalue weighted by Crippen LogP contribution is -2.13. The first-order chi connectivity index (χ1) is 10.2. The molecule has 2 rings (SSSR count). The summed E-state index contributed by atoms with van der Waals surface area (Å²) >= 11 is 0. The van der Waals surface area contributed by atoms with Crippen molar-refractivity contribution in [3.63, 3.8) is 0 Å². The predicted molar refractivity (Wildman–Crippen MR) is 82.9 cm³/mol. The molecule has 4 heteroatoms. The Bertz CT molecular complexity index is 596. The molecule has 0 saturated carbocycles. The van der Waals surface area contributed by atoms with Crippen LogP contribution in [0.5, 0.6) is 5.75 Å². The minimum atomic E-state index is -0.335. The molecule has 0 spiro atoms. The Labute approximate surface area is 124 Å². The van der Waals surface area contributed by atoms with Gasteiger partial charge in [0.1, 0.15) is 12.4 Å². The van der Waals surface area contributed by atoms with Gasteiger partial charge in [-0.1, -0.05) is 24.3 Å². The van der Waals surface area contributed by atoms with Crippen LogP contribution in [0.3, 0.4) is 0 Å². The number of esters is 1. The van der Waals surface area contributed by atoms with Crippen molar-refractivity contribution < 1.29 is 14.3 Å². The number of para-hydroxylation sites is 1. The average molecular weight is 285 g/mol. The van der Waals surface area contributed by atoms with Crippen molar-refractivity contribution in [3.8, 4) is 5.75 Å². The van der Waals surface area contributed by atoms with E-state index in [0.29, 0.717) is 18.7 Å². The monoisotopic (exact) mass is 285 g/mol. The smallest absolute Gasteiger partial charge is 0.337 e. The van der Waals surface area contributed by atoms with Gasteiger partial charge in [-0.15, -0.1) is 0 Å². The van der Waals surface area contributed by atoms with Gasteiger partial charge in [0, 0.05) is 12.2 Å². The first-order valence-corrected chi connectivity index (χ1v) is 6.81. The first-order valence-electron chi connectivity index (χ1n) is 6.81. The fourth-order valence-corrected chi connectivity index (χ4v) is 1.93. The zero-order valence-corrected chi connectivity index (χ0v) is 12.3. The Morgan fingerprint density at radius 2 is 1.90 bits per heavy atom. The first kappa shape index (κ1) is 14.9. The van der Waals surface area contributed by atoms with Gasteiger partial charge in [-0.25, -0.2) is 4.79 Å². The largest absolute Gasteiger partial charge is 0.492 e. The molecule has 2 aromatic rings. The van der Waals surface area contributed by atoms with Gasteiger partial charge in [0.15, 0.2) is 0 Å². The van der Waals surface area contributed by atoms with E-state index in [1.54, 1.807) is 12.1 Å². The van der Waals surface area contributed by atoms with Gasteiger partial charge in [0.25, 0.3) is 0 Å². The predicted octanol–water partition coefficient (Wildman–Crippen LogP) is 3.27. The van der Waals surface area contributed by atoms with Gasteiger partial charge in [0.05, 0.1) is 12.7 Å². The molecule has 0 aromatic heterocycles. The van der Waals surface area contributed by atoms with Crippen LogP contribution in [-0.4, -0.2) is 26.2 Å². The molecule has 0 atom stereocenters. The van der Waals surface area contributed by atoms with Gasteiger partial charge in [-0.05, 0) is 36.8 Å². The molecule has 0 aliphatic rings. The van der Waals surface area contributed by atoms with Crippen molar-refractivity contribution in [1.82, 2.24) is 0 Å². The molecule has 0 heterocycles. The lowest BCUT2D eigenvalue weighted by molar-refractivity contribution is 0.0601. The highest BCUT2D eigenvalue weighted by molar-refractivity contribution is 5.90. The number of aryl methyl sites for hydroxylation is 1. The van der Waals surface area contributed by atoms with Crippen LogP contribution >= 0.6 is 0 Å². The fourth-order valence-electron chi connectivity index (χ4n) is 1.93. The molecular formula is C17H19NO3. The van der Waals surface area contributed by atoms with E-state index in [1.807, 2.05) is 43.3 Å². The normalized spacial score (nSPS) is 10.0.